The van der Waals surface area contributed by atoms with Crippen LogP contribution < -0.4 is 5.73 Å². The largest absolute Gasteiger partial charge is 0.454 e. The molecule has 0 atom stereocenters. The summed E-state index contributed by atoms with van der Waals surface area (Å²) in [6.07, 6.45) is 0. The Labute approximate surface area is 183 Å². The quantitative estimate of drug-likeness (QED) is 0.416. The van der Waals surface area contributed by atoms with E-state index < -0.39 is 5.91 Å². The second kappa shape index (κ2) is 7.06. The number of rotatable bonds is 4. The van der Waals surface area contributed by atoms with Gasteiger partial charge in [0.15, 0.2) is 16.5 Å². The highest BCUT2D eigenvalue weighted by atomic mass is 32.1. The number of para-hydroxylation sites is 1. The van der Waals surface area contributed by atoms with Crippen molar-refractivity contribution in [2.24, 2.45) is 5.73 Å². The van der Waals surface area contributed by atoms with Gasteiger partial charge in [-0.1, -0.05) is 45.0 Å². The molecule has 0 unspecified atom stereocenters. The zero-order valence-electron chi connectivity index (χ0n) is 17.5. The first kappa shape index (κ1) is 19.5. The Morgan fingerprint density at radius 1 is 1.16 bits per heavy atom. The summed E-state index contributed by atoms with van der Waals surface area (Å²) < 4.78 is 7.87. The molecule has 0 saturated carbocycles. The molecule has 2 N–H and O–H groups in total. The predicted molar refractivity (Wildman–Crippen MR) is 123 cm³/mol. The van der Waals surface area contributed by atoms with Crippen LogP contribution in [-0.2, 0) is 12.0 Å². The molecular formula is C24H22N4O2S. The van der Waals surface area contributed by atoms with Crippen LogP contribution in [-0.4, -0.2) is 20.7 Å². The Hall–Kier alpha value is -3.45. The number of carbonyl (C=O) groups excluding carboxylic acids is 1. The van der Waals surface area contributed by atoms with E-state index in [1.165, 1.54) is 0 Å². The first-order chi connectivity index (χ1) is 14.8. The highest BCUT2D eigenvalue weighted by Crippen LogP contribution is 2.33. The molecule has 0 aliphatic heterocycles. The lowest BCUT2D eigenvalue weighted by molar-refractivity contribution is 0.0996. The second-order valence-electron chi connectivity index (χ2n) is 8.66. The van der Waals surface area contributed by atoms with E-state index in [1.807, 2.05) is 47.1 Å². The lowest BCUT2D eigenvalue weighted by Crippen LogP contribution is -2.13. The zero-order chi connectivity index (χ0) is 21.8. The molecule has 2 aromatic carbocycles. The number of thiazole rings is 1. The summed E-state index contributed by atoms with van der Waals surface area (Å²) >= 11 is 1.60. The molecule has 0 aliphatic carbocycles. The summed E-state index contributed by atoms with van der Waals surface area (Å²) in [5.74, 6) is 0.246. The van der Waals surface area contributed by atoms with Crippen molar-refractivity contribution in [1.82, 2.24) is 14.8 Å². The van der Waals surface area contributed by atoms with Gasteiger partial charge in [-0.15, -0.1) is 11.3 Å². The third-order valence-electron chi connectivity index (χ3n) is 5.29. The Bertz CT molecular complexity index is 1440. The Balaban J connectivity index is 1.49. The summed E-state index contributed by atoms with van der Waals surface area (Å²) in [7, 11) is 0. The number of amides is 1. The number of carbonyl (C=O) groups is 1. The highest BCUT2D eigenvalue weighted by molar-refractivity contribution is 7.13. The summed E-state index contributed by atoms with van der Waals surface area (Å²) in [6.45, 7) is 6.98. The van der Waals surface area contributed by atoms with Gasteiger partial charge in [0.25, 0.3) is 5.91 Å². The van der Waals surface area contributed by atoms with Crippen LogP contribution in [0.4, 0.5) is 0 Å². The predicted octanol–water partition coefficient (Wildman–Crippen LogP) is 5.35. The Kier molecular flexibility index (Phi) is 4.44. The van der Waals surface area contributed by atoms with Crippen molar-refractivity contribution in [3.05, 3.63) is 70.9 Å². The number of aromatic nitrogens is 3. The van der Waals surface area contributed by atoms with Crippen molar-refractivity contribution in [2.45, 2.75) is 32.7 Å². The smallest absolute Gasteiger partial charge is 0.269 e. The van der Waals surface area contributed by atoms with Gasteiger partial charge in [0.1, 0.15) is 5.58 Å². The molecule has 7 heteroatoms. The lowest BCUT2D eigenvalue weighted by Gasteiger charge is -2.13. The van der Waals surface area contributed by atoms with Gasteiger partial charge < -0.3 is 10.2 Å². The van der Waals surface area contributed by atoms with Gasteiger partial charge in [-0.2, -0.15) is 5.10 Å². The van der Waals surface area contributed by atoms with Crippen molar-refractivity contribution in [1.29, 1.82) is 0 Å². The van der Waals surface area contributed by atoms with Crippen molar-refractivity contribution in [3.63, 3.8) is 0 Å². The van der Waals surface area contributed by atoms with Gasteiger partial charge in [0.2, 0.25) is 0 Å². The maximum absolute atomic E-state index is 11.8. The third-order valence-corrected chi connectivity index (χ3v) is 6.14. The van der Waals surface area contributed by atoms with Crippen molar-refractivity contribution < 1.29 is 9.21 Å². The molecule has 0 bridgehead atoms. The molecule has 3 heterocycles. The third kappa shape index (κ3) is 3.51. The molecule has 0 radical (unpaired) electrons. The molecule has 0 aliphatic rings. The van der Waals surface area contributed by atoms with Crippen LogP contribution in [0.5, 0.6) is 0 Å². The van der Waals surface area contributed by atoms with E-state index in [1.54, 1.807) is 11.3 Å². The molecule has 156 valence electrons. The minimum absolute atomic E-state index is 0.00420. The van der Waals surface area contributed by atoms with Gasteiger partial charge in [-0.05, 0) is 29.8 Å². The standard InChI is InChI=1S/C24H22N4O2S/c1-24(2,3)20-13-31-23(26-20)19-11-15-10-14(8-9-18(15)30-19)12-28-17-7-5-4-6-16(17)21(27-28)22(25)29/h4-11,13H,12H2,1-3H3,(H2,25,29). The minimum Gasteiger partial charge on any atom is -0.454 e. The fourth-order valence-corrected chi connectivity index (χ4v) is 4.63. The van der Waals surface area contributed by atoms with E-state index in [0.717, 1.165) is 43.9 Å². The summed E-state index contributed by atoms with van der Waals surface area (Å²) in [6, 6.07) is 15.7. The molecule has 6 nitrogen and oxygen atoms in total. The Morgan fingerprint density at radius 2 is 1.97 bits per heavy atom. The molecule has 0 spiro atoms. The van der Waals surface area contributed by atoms with Crippen LogP contribution in [0.3, 0.4) is 0 Å². The number of furan rings is 1. The topological polar surface area (TPSA) is 86.9 Å². The van der Waals surface area contributed by atoms with Gasteiger partial charge >= 0.3 is 0 Å². The SMILES string of the molecule is CC(C)(C)c1csc(-c2cc3cc(Cn4nc(C(N)=O)c5ccccc54)ccc3o2)n1. The maximum atomic E-state index is 11.8. The van der Waals surface area contributed by atoms with Crippen LogP contribution in [0.2, 0.25) is 0 Å². The monoisotopic (exact) mass is 430 g/mol. The van der Waals surface area contributed by atoms with Crippen LogP contribution in [0.1, 0.15) is 42.5 Å². The van der Waals surface area contributed by atoms with E-state index in [4.69, 9.17) is 15.1 Å². The van der Waals surface area contributed by atoms with Gasteiger partial charge in [-0.3, -0.25) is 9.48 Å². The maximum Gasteiger partial charge on any atom is 0.269 e. The van der Waals surface area contributed by atoms with Crippen molar-refractivity contribution in [3.8, 4) is 10.8 Å². The van der Waals surface area contributed by atoms with E-state index >= 15 is 0 Å². The van der Waals surface area contributed by atoms with E-state index in [-0.39, 0.29) is 5.41 Å². The van der Waals surface area contributed by atoms with Gasteiger partial charge in [0, 0.05) is 21.6 Å². The van der Waals surface area contributed by atoms with Crippen LogP contribution >= 0.6 is 11.3 Å². The first-order valence-electron chi connectivity index (χ1n) is 10.0. The number of benzene rings is 2. The lowest BCUT2D eigenvalue weighted by atomic mass is 9.93. The van der Waals surface area contributed by atoms with Crippen molar-refractivity contribution in [2.75, 3.05) is 0 Å². The number of hydrogen-bond donors (Lipinski definition) is 1. The normalized spacial score (nSPS) is 12.1. The number of hydrogen-bond acceptors (Lipinski definition) is 5. The summed E-state index contributed by atoms with van der Waals surface area (Å²) in [4.78, 5) is 16.5. The number of nitrogens with two attached hydrogens (primary N) is 1. The fourth-order valence-electron chi connectivity index (χ4n) is 3.63. The minimum atomic E-state index is -0.525. The second-order valence-corrected chi connectivity index (χ2v) is 9.52. The molecule has 3 aromatic heterocycles. The zero-order valence-corrected chi connectivity index (χ0v) is 18.4. The molecule has 31 heavy (non-hydrogen) atoms. The van der Waals surface area contributed by atoms with Gasteiger partial charge in [-0.25, -0.2) is 4.98 Å². The number of nitrogens with zero attached hydrogens (tertiary/aromatic N) is 3. The average molecular weight is 431 g/mol. The van der Waals surface area contributed by atoms with Crippen molar-refractivity contribution >= 4 is 39.1 Å². The molecule has 1 amide bonds. The van der Waals surface area contributed by atoms with Gasteiger partial charge in [0.05, 0.1) is 17.8 Å². The first-order valence-corrected chi connectivity index (χ1v) is 10.9. The number of fused-ring (bicyclic) bond motifs is 2. The summed E-state index contributed by atoms with van der Waals surface area (Å²) in [5.41, 5.74) is 9.62. The molecule has 5 aromatic rings. The highest BCUT2D eigenvalue weighted by Gasteiger charge is 2.20. The number of primary amides is 1. The van der Waals surface area contributed by atoms with Crippen LogP contribution in [0.15, 0.2) is 58.3 Å². The summed E-state index contributed by atoms with van der Waals surface area (Å²) in [5, 5.41) is 9.19. The Morgan fingerprint density at radius 3 is 2.71 bits per heavy atom. The molecule has 5 rings (SSSR count). The van der Waals surface area contributed by atoms with E-state index in [0.29, 0.717) is 12.2 Å². The molecule has 0 saturated heterocycles. The van der Waals surface area contributed by atoms with Crippen LogP contribution in [0, 0.1) is 0 Å². The van der Waals surface area contributed by atoms with E-state index in [9.17, 15) is 4.79 Å². The van der Waals surface area contributed by atoms with Crippen LogP contribution in [0.25, 0.3) is 32.6 Å². The average Bonchev–Trinajstić information content (AvgIpc) is 3.44. The molecule has 0 fully saturated rings. The van der Waals surface area contributed by atoms with E-state index in [2.05, 4.69) is 37.3 Å². The molecular weight excluding hydrogens is 408 g/mol. The fraction of sp³-hybridized carbons (Fsp3) is 0.208.